The summed E-state index contributed by atoms with van der Waals surface area (Å²) >= 11 is 0. The summed E-state index contributed by atoms with van der Waals surface area (Å²) in [5.74, 6) is 1.68. The third-order valence-corrected chi connectivity index (χ3v) is 3.97. The van der Waals surface area contributed by atoms with Crippen LogP contribution in [0, 0.1) is 0 Å². The van der Waals surface area contributed by atoms with E-state index >= 15 is 0 Å². The van der Waals surface area contributed by atoms with Crippen LogP contribution in [0.1, 0.15) is 33.1 Å². The highest BCUT2D eigenvalue weighted by Gasteiger charge is 2.25. The van der Waals surface area contributed by atoms with Crippen LogP contribution in [0.15, 0.2) is 0 Å². The number of nitrogens with two attached hydrogens (primary N) is 1. The van der Waals surface area contributed by atoms with E-state index in [0.29, 0.717) is 17.8 Å². The SMILES string of the molecule is C[C@@H]1CN(c2nc(N)nc(N3CCCCC3)n2)C[C@H](C)O1. The van der Waals surface area contributed by atoms with Gasteiger partial charge in [-0.3, -0.25) is 0 Å². The maximum atomic E-state index is 5.90. The fourth-order valence-corrected chi connectivity index (χ4v) is 3.09. The largest absolute Gasteiger partial charge is 0.372 e. The minimum atomic E-state index is 0.171. The van der Waals surface area contributed by atoms with E-state index < -0.39 is 0 Å². The second kappa shape index (κ2) is 6.01. The molecule has 2 N–H and O–H groups in total. The Hall–Kier alpha value is -1.63. The highest BCUT2D eigenvalue weighted by Crippen LogP contribution is 2.21. The van der Waals surface area contributed by atoms with Crippen molar-refractivity contribution in [1.29, 1.82) is 0 Å². The van der Waals surface area contributed by atoms with Crippen molar-refractivity contribution in [2.24, 2.45) is 0 Å². The summed E-state index contributed by atoms with van der Waals surface area (Å²) in [4.78, 5) is 17.6. The first-order valence-corrected chi connectivity index (χ1v) is 7.79. The maximum absolute atomic E-state index is 5.90. The Bertz CT molecular complexity index is 480. The number of piperidine rings is 1. The molecular weight excluding hydrogens is 268 g/mol. The predicted octanol–water partition coefficient (Wildman–Crippen LogP) is 1.06. The van der Waals surface area contributed by atoms with E-state index in [9.17, 15) is 0 Å². The van der Waals surface area contributed by atoms with Crippen molar-refractivity contribution in [2.45, 2.75) is 45.3 Å². The van der Waals surface area contributed by atoms with Gasteiger partial charge in [0.15, 0.2) is 0 Å². The van der Waals surface area contributed by atoms with E-state index in [0.717, 1.165) is 26.2 Å². The molecule has 3 rings (SSSR count). The van der Waals surface area contributed by atoms with Crippen molar-refractivity contribution in [3.8, 4) is 0 Å². The van der Waals surface area contributed by atoms with Gasteiger partial charge in [0.05, 0.1) is 12.2 Å². The Morgan fingerprint density at radius 2 is 1.48 bits per heavy atom. The van der Waals surface area contributed by atoms with Crippen LogP contribution in [0.25, 0.3) is 0 Å². The van der Waals surface area contributed by atoms with E-state index in [4.69, 9.17) is 10.5 Å². The Morgan fingerprint density at radius 1 is 0.905 bits per heavy atom. The molecule has 0 spiro atoms. The average Bonchev–Trinajstić information content (AvgIpc) is 2.46. The van der Waals surface area contributed by atoms with E-state index in [1.807, 2.05) is 0 Å². The molecule has 0 unspecified atom stereocenters. The molecule has 0 aromatic carbocycles. The van der Waals surface area contributed by atoms with Crippen LogP contribution in [-0.2, 0) is 4.74 Å². The summed E-state index contributed by atoms with van der Waals surface area (Å²) < 4.78 is 5.76. The van der Waals surface area contributed by atoms with Gasteiger partial charge in [0.25, 0.3) is 0 Å². The van der Waals surface area contributed by atoms with Crippen LogP contribution in [0.5, 0.6) is 0 Å². The number of rotatable bonds is 2. The van der Waals surface area contributed by atoms with E-state index in [1.165, 1.54) is 19.3 Å². The van der Waals surface area contributed by atoms with Gasteiger partial charge in [0, 0.05) is 26.2 Å². The minimum absolute atomic E-state index is 0.171. The molecule has 0 aliphatic carbocycles. The van der Waals surface area contributed by atoms with Crippen LogP contribution in [0.2, 0.25) is 0 Å². The van der Waals surface area contributed by atoms with Gasteiger partial charge in [0.1, 0.15) is 0 Å². The second-order valence-electron chi connectivity index (χ2n) is 6.00. The van der Waals surface area contributed by atoms with Gasteiger partial charge in [-0.2, -0.15) is 15.0 Å². The quantitative estimate of drug-likeness (QED) is 0.872. The number of anilines is 3. The first-order valence-electron chi connectivity index (χ1n) is 7.79. The predicted molar refractivity (Wildman–Crippen MR) is 82.5 cm³/mol. The Balaban J connectivity index is 1.83. The molecule has 0 bridgehead atoms. The third kappa shape index (κ3) is 3.34. The molecule has 1 aromatic heterocycles. The van der Waals surface area contributed by atoms with E-state index in [-0.39, 0.29) is 12.2 Å². The molecule has 2 atom stereocenters. The molecule has 0 saturated carbocycles. The van der Waals surface area contributed by atoms with E-state index in [1.54, 1.807) is 0 Å². The average molecular weight is 292 g/mol. The monoisotopic (exact) mass is 292 g/mol. The number of aromatic nitrogens is 3. The first-order chi connectivity index (χ1) is 10.1. The minimum Gasteiger partial charge on any atom is -0.372 e. The highest BCUT2D eigenvalue weighted by molar-refractivity contribution is 5.44. The maximum Gasteiger partial charge on any atom is 0.232 e. The molecule has 2 aliphatic heterocycles. The Kier molecular flexibility index (Phi) is 4.10. The first kappa shape index (κ1) is 14.3. The Morgan fingerprint density at radius 3 is 2.10 bits per heavy atom. The molecular formula is C14H24N6O. The van der Waals surface area contributed by atoms with Crippen molar-refractivity contribution in [3.63, 3.8) is 0 Å². The molecule has 0 radical (unpaired) electrons. The zero-order valence-corrected chi connectivity index (χ0v) is 12.8. The van der Waals surface area contributed by atoms with Crippen LogP contribution in [0.3, 0.4) is 0 Å². The van der Waals surface area contributed by atoms with Crippen molar-refractivity contribution >= 4 is 17.8 Å². The van der Waals surface area contributed by atoms with Gasteiger partial charge in [-0.15, -0.1) is 0 Å². The number of hydrogen-bond donors (Lipinski definition) is 1. The van der Waals surface area contributed by atoms with Gasteiger partial charge in [-0.1, -0.05) is 0 Å². The van der Waals surface area contributed by atoms with Crippen LogP contribution in [-0.4, -0.2) is 53.3 Å². The molecule has 2 fully saturated rings. The normalized spacial score (nSPS) is 27.0. The summed E-state index contributed by atoms with van der Waals surface area (Å²) in [5, 5.41) is 0. The second-order valence-corrected chi connectivity index (χ2v) is 6.00. The van der Waals surface area contributed by atoms with Gasteiger partial charge in [-0.25, -0.2) is 0 Å². The van der Waals surface area contributed by atoms with Gasteiger partial charge in [-0.05, 0) is 33.1 Å². The zero-order valence-electron chi connectivity index (χ0n) is 12.8. The molecule has 0 amide bonds. The molecule has 7 heteroatoms. The lowest BCUT2D eigenvalue weighted by Gasteiger charge is -2.35. The molecule has 2 saturated heterocycles. The number of ether oxygens (including phenoxy) is 1. The smallest absolute Gasteiger partial charge is 0.232 e. The Labute approximate surface area is 125 Å². The lowest BCUT2D eigenvalue weighted by atomic mass is 10.1. The fourth-order valence-electron chi connectivity index (χ4n) is 3.09. The molecule has 1 aromatic rings. The van der Waals surface area contributed by atoms with Crippen LogP contribution >= 0.6 is 0 Å². The van der Waals surface area contributed by atoms with Crippen LogP contribution in [0.4, 0.5) is 17.8 Å². The summed E-state index contributed by atoms with van der Waals surface area (Å²) in [6.07, 6.45) is 4.00. The standard InChI is InChI=1S/C14H24N6O/c1-10-8-20(9-11(2)21-10)14-17-12(15)16-13(18-14)19-6-4-3-5-7-19/h10-11H,3-9H2,1-2H3,(H2,15,16,17,18)/t10-,11+. The van der Waals surface area contributed by atoms with Crippen molar-refractivity contribution < 1.29 is 4.74 Å². The lowest BCUT2D eigenvalue weighted by molar-refractivity contribution is -0.00572. The summed E-state index contributed by atoms with van der Waals surface area (Å²) in [6, 6.07) is 0. The van der Waals surface area contributed by atoms with Crippen molar-refractivity contribution in [2.75, 3.05) is 41.7 Å². The summed E-state index contributed by atoms with van der Waals surface area (Å²) in [5.41, 5.74) is 5.90. The molecule has 21 heavy (non-hydrogen) atoms. The summed E-state index contributed by atoms with van der Waals surface area (Å²) in [7, 11) is 0. The molecule has 2 aliphatic rings. The molecule has 3 heterocycles. The number of nitrogen functional groups attached to an aromatic ring is 1. The molecule has 7 nitrogen and oxygen atoms in total. The van der Waals surface area contributed by atoms with Crippen molar-refractivity contribution in [1.82, 2.24) is 15.0 Å². The lowest BCUT2D eigenvalue weighted by Crippen LogP contribution is -2.46. The third-order valence-electron chi connectivity index (χ3n) is 3.97. The zero-order chi connectivity index (χ0) is 14.8. The molecule has 116 valence electrons. The van der Waals surface area contributed by atoms with Crippen LogP contribution < -0.4 is 15.5 Å². The highest BCUT2D eigenvalue weighted by atomic mass is 16.5. The van der Waals surface area contributed by atoms with E-state index in [2.05, 4.69) is 38.6 Å². The summed E-state index contributed by atoms with van der Waals surface area (Å²) in [6.45, 7) is 7.70. The number of nitrogens with zero attached hydrogens (tertiary/aromatic N) is 5. The number of hydrogen-bond acceptors (Lipinski definition) is 7. The van der Waals surface area contributed by atoms with Gasteiger partial charge in [0.2, 0.25) is 17.8 Å². The van der Waals surface area contributed by atoms with Gasteiger partial charge >= 0.3 is 0 Å². The topological polar surface area (TPSA) is 80.4 Å². The van der Waals surface area contributed by atoms with Crippen molar-refractivity contribution in [3.05, 3.63) is 0 Å². The fraction of sp³-hybridized carbons (Fsp3) is 0.786. The number of morpholine rings is 1. The van der Waals surface area contributed by atoms with Gasteiger partial charge < -0.3 is 20.3 Å².